The lowest BCUT2D eigenvalue weighted by Crippen LogP contribution is -2.51. The molecule has 5 rings (SSSR count). The Balaban J connectivity index is 1.47. The van der Waals surface area contributed by atoms with E-state index in [0.717, 1.165) is 16.7 Å². The molecule has 2 atom stereocenters. The number of hydrogen-bond acceptors (Lipinski definition) is 4. The molecule has 4 aromatic carbocycles. The number of ether oxygens (including phenoxy) is 1. The van der Waals surface area contributed by atoms with Crippen LogP contribution in [0.1, 0.15) is 22.7 Å². The van der Waals surface area contributed by atoms with Crippen LogP contribution in [-0.4, -0.2) is 27.0 Å². The zero-order valence-electron chi connectivity index (χ0n) is 19.7. The van der Waals surface area contributed by atoms with E-state index < -0.39 is 28.1 Å². The van der Waals surface area contributed by atoms with Crippen LogP contribution in [0.2, 0.25) is 0 Å². The first-order valence-corrected chi connectivity index (χ1v) is 13.1. The third-order valence-corrected chi connectivity index (χ3v) is 7.98. The predicted octanol–water partition coefficient (Wildman–Crippen LogP) is 4.86. The van der Waals surface area contributed by atoms with Crippen LogP contribution in [0.15, 0.2) is 114 Å². The molecule has 0 radical (unpaired) electrons. The maximum Gasteiger partial charge on any atom is 0.264 e. The zero-order chi connectivity index (χ0) is 25.1. The van der Waals surface area contributed by atoms with E-state index in [1.807, 2.05) is 61.5 Å². The minimum Gasteiger partial charge on any atom is -0.476 e. The minimum absolute atomic E-state index is 0.143. The second kappa shape index (κ2) is 9.87. The second-order valence-corrected chi connectivity index (χ2v) is 10.5. The lowest BCUT2D eigenvalue weighted by Gasteiger charge is -2.35. The van der Waals surface area contributed by atoms with Crippen LogP contribution in [0.4, 0.5) is 5.69 Å². The Hall–Kier alpha value is -4.10. The molecule has 1 aliphatic heterocycles. The van der Waals surface area contributed by atoms with Crippen LogP contribution >= 0.6 is 0 Å². The Morgan fingerprint density at radius 2 is 1.42 bits per heavy atom. The first-order valence-electron chi connectivity index (χ1n) is 11.7. The molecule has 182 valence electrons. The molecular formula is C29H26N2O4S. The van der Waals surface area contributed by atoms with Gasteiger partial charge in [-0.3, -0.25) is 9.10 Å². The molecule has 0 bridgehead atoms. The molecular weight excluding hydrogens is 472 g/mol. The fourth-order valence-corrected chi connectivity index (χ4v) is 5.78. The molecule has 0 unspecified atom stereocenters. The number of nitrogens with one attached hydrogen (secondary N) is 1. The Morgan fingerprint density at radius 1 is 0.833 bits per heavy atom. The maximum atomic E-state index is 13.6. The van der Waals surface area contributed by atoms with Crippen LogP contribution in [-0.2, 0) is 14.8 Å². The Kier molecular flexibility index (Phi) is 6.48. The topological polar surface area (TPSA) is 75.7 Å². The van der Waals surface area contributed by atoms with Crippen LogP contribution in [0.3, 0.4) is 0 Å². The van der Waals surface area contributed by atoms with Crippen LogP contribution in [0.5, 0.6) is 5.75 Å². The summed E-state index contributed by atoms with van der Waals surface area (Å²) in [5.74, 6) is -0.0535. The van der Waals surface area contributed by atoms with Crippen molar-refractivity contribution >= 4 is 21.6 Å². The highest BCUT2D eigenvalue weighted by Crippen LogP contribution is 2.37. The monoisotopic (exact) mass is 498 g/mol. The molecule has 1 amide bonds. The van der Waals surface area contributed by atoms with E-state index in [9.17, 15) is 13.2 Å². The molecule has 1 aliphatic rings. The van der Waals surface area contributed by atoms with Crippen molar-refractivity contribution in [2.75, 3.05) is 10.8 Å². The molecule has 0 saturated carbocycles. The first kappa shape index (κ1) is 23.6. The van der Waals surface area contributed by atoms with E-state index in [1.54, 1.807) is 54.6 Å². The Morgan fingerprint density at radius 3 is 2.11 bits per heavy atom. The summed E-state index contributed by atoms with van der Waals surface area (Å²) in [6.45, 7) is 1.87. The maximum absolute atomic E-state index is 13.6. The van der Waals surface area contributed by atoms with Crippen molar-refractivity contribution in [3.63, 3.8) is 0 Å². The lowest BCUT2D eigenvalue weighted by atomic mass is 9.97. The standard InChI is InChI=1S/C29H26N2O4S/c1-21-16-18-23(19-17-21)28(22-10-4-2-5-11-22)30-29(32)27-20-31(25-14-8-9-15-26(25)35-27)36(33,34)24-12-6-3-7-13-24/h2-19,27-28H,20H2,1H3,(H,30,32)/t27-,28+/m0/s1. The lowest BCUT2D eigenvalue weighted by molar-refractivity contribution is -0.128. The molecule has 0 spiro atoms. The number of nitrogens with zero attached hydrogens (tertiary/aromatic N) is 1. The summed E-state index contributed by atoms with van der Waals surface area (Å²) in [5.41, 5.74) is 3.36. The van der Waals surface area contributed by atoms with Gasteiger partial charge in [-0.2, -0.15) is 0 Å². The average Bonchev–Trinajstić information content (AvgIpc) is 2.92. The molecule has 1 heterocycles. The molecule has 0 fully saturated rings. The predicted molar refractivity (Wildman–Crippen MR) is 139 cm³/mol. The highest BCUT2D eigenvalue weighted by molar-refractivity contribution is 7.92. The van der Waals surface area contributed by atoms with Crippen LogP contribution < -0.4 is 14.4 Å². The van der Waals surface area contributed by atoms with Gasteiger partial charge in [0.15, 0.2) is 6.10 Å². The molecule has 7 heteroatoms. The smallest absolute Gasteiger partial charge is 0.264 e. The van der Waals surface area contributed by atoms with Gasteiger partial charge in [0.2, 0.25) is 0 Å². The zero-order valence-corrected chi connectivity index (χ0v) is 20.6. The van der Waals surface area contributed by atoms with Gasteiger partial charge in [0.05, 0.1) is 23.2 Å². The number of sulfonamides is 1. The van der Waals surface area contributed by atoms with Gasteiger partial charge in [0.1, 0.15) is 5.75 Å². The fraction of sp³-hybridized carbons (Fsp3) is 0.138. The Labute approximate surface area is 211 Å². The van der Waals surface area contributed by atoms with Gasteiger partial charge in [0, 0.05) is 0 Å². The number of anilines is 1. The van der Waals surface area contributed by atoms with Gasteiger partial charge in [0.25, 0.3) is 15.9 Å². The second-order valence-electron chi connectivity index (χ2n) is 8.69. The number of para-hydroxylation sites is 2. The van der Waals surface area contributed by atoms with Crippen molar-refractivity contribution in [2.24, 2.45) is 0 Å². The number of carbonyl (C=O) groups excluding carboxylic acids is 1. The number of carbonyl (C=O) groups is 1. The van der Waals surface area contributed by atoms with E-state index in [1.165, 1.54) is 4.31 Å². The number of rotatable bonds is 6. The summed E-state index contributed by atoms with van der Waals surface area (Å²) in [5, 5.41) is 3.10. The van der Waals surface area contributed by atoms with Crippen molar-refractivity contribution in [1.82, 2.24) is 5.32 Å². The summed E-state index contributed by atoms with van der Waals surface area (Å²) >= 11 is 0. The van der Waals surface area contributed by atoms with Crippen molar-refractivity contribution in [3.05, 3.63) is 126 Å². The molecule has 6 nitrogen and oxygen atoms in total. The van der Waals surface area contributed by atoms with Gasteiger partial charge < -0.3 is 10.1 Å². The SMILES string of the molecule is Cc1ccc([C@H](NC(=O)[C@@H]2CN(S(=O)(=O)c3ccccc3)c3ccccc3O2)c2ccccc2)cc1. The molecule has 4 aromatic rings. The van der Waals surface area contributed by atoms with E-state index in [4.69, 9.17) is 4.74 Å². The van der Waals surface area contributed by atoms with Crippen LogP contribution in [0.25, 0.3) is 0 Å². The largest absolute Gasteiger partial charge is 0.476 e. The van der Waals surface area contributed by atoms with E-state index in [2.05, 4.69) is 5.32 Å². The molecule has 0 aromatic heterocycles. The van der Waals surface area contributed by atoms with Crippen molar-refractivity contribution in [2.45, 2.75) is 24.0 Å². The number of hydrogen-bond donors (Lipinski definition) is 1. The van der Waals surface area contributed by atoms with E-state index in [0.29, 0.717) is 11.4 Å². The van der Waals surface area contributed by atoms with Crippen LogP contribution in [0, 0.1) is 6.92 Å². The van der Waals surface area contributed by atoms with Gasteiger partial charge in [-0.1, -0.05) is 90.5 Å². The normalized spacial score (nSPS) is 15.9. The highest BCUT2D eigenvalue weighted by atomic mass is 32.2. The number of fused-ring (bicyclic) bond motifs is 1. The third-order valence-electron chi connectivity index (χ3n) is 6.19. The fourth-order valence-electron chi connectivity index (χ4n) is 4.28. The number of aryl methyl sites for hydroxylation is 1. The Bertz CT molecular complexity index is 1460. The average molecular weight is 499 g/mol. The van der Waals surface area contributed by atoms with E-state index >= 15 is 0 Å². The highest BCUT2D eigenvalue weighted by Gasteiger charge is 2.38. The molecule has 1 N–H and O–H groups in total. The van der Waals surface area contributed by atoms with Gasteiger partial charge in [-0.25, -0.2) is 8.42 Å². The molecule has 0 aliphatic carbocycles. The number of amides is 1. The van der Waals surface area contributed by atoms with Crippen molar-refractivity contribution in [1.29, 1.82) is 0 Å². The number of benzene rings is 4. The van der Waals surface area contributed by atoms with Crippen molar-refractivity contribution in [3.8, 4) is 5.75 Å². The van der Waals surface area contributed by atoms with Gasteiger partial charge in [-0.15, -0.1) is 0 Å². The van der Waals surface area contributed by atoms with Crippen molar-refractivity contribution < 1.29 is 17.9 Å². The summed E-state index contributed by atoms with van der Waals surface area (Å²) < 4.78 is 34.4. The molecule has 36 heavy (non-hydrogen) atoms. The summed E-state index contributed by atoms with van der Waals surface area (Å²) in [6, 6.07) is 32.3. The summed E-state index contributed by atoms with van der Waals surface area (Å²) in [7, 11) is -3.91. The third kappa shape index (κ3) is 4.70. The first-order chi connectivity index (χ1) is 17.4. The molecule has 0 saturated heterocycles. The minimum atomic E-state index is -3.91. The van der Waals surface area contributed by atoms with Gasteiger partial charge >= 0.3 is 0 Å². The summed E-state index contributed by atoms with van der Waals surface area (Å²) in [4.78, 5) is 13.7. The van der Waals surface area contributed by atoms with E-state index in [-0.39, 0.29) is 11.4 Å². The summed E-state index contributed by atoms with van der Waals surface area (Å²) in [6.07, 6.45) is -1.03. The quantitative estimate of drug-likeness (QED) is 0.412. The van der Waals surface area contributed by atoms with Gasteiger partial charge in [-0.05, 0) is 42.3 Å².